The zero-order valence-electron chi connectivity index (χ0n) is 18.5. The van der Waals surface area contributed by atoms with Crippen molar-refractivity contribution in [1.82, 2.24) is 4.90 Å². The number of nitrogens with zero attached hydrogens (tertiary/aromatic N) is 1. The summed E-state index contributed by atoms with van der Waals surface area (Å²) in [6, 6.07) is 8.22. The van der Waals surface area contributed by atoms with Crippen LogP contribution in [0.3, 0.4) is 0 Å². The smallest absolute Gasteiger partial charge is 0.295 e. The molecule has 1 unspecified atom stereocenters. The van der Waals surface area contributed by atoms with Gasteiger partial charge in [-0.1, -0.05) is 12.1 Å². The minimum Gasteiger partial charge on any atom is -0.507 e. The standard InChI is InChI=1S/C24H26FNO6/c1-14-13-15(9-10-17(14)25)21(27)19-20(16-7-5-8-18(31-3)23(16)32-4)26(11-6-12-30-2)24(29)22(19)28/h5,7-10,13,20,27H,6,11-12H2,1-4H3/b21-19+. The Labute approximate surface area is 186 Å². The van der Waals surface area contributed by atoms with Gasteiger partial charge in [-0.25, -0.2) is 4.39 Å². The first-order valence-corrected chi connectivity index (χ1v) is 10.1. The van der Waals surface area contributed by atoms with Gasteiger partial charge >= 0.3 is 0 Å². The van der Waals surface area contributed by atoms with Crippen LogP contribution < -0.4 is 9.47 Å². The molecule has 32 heavy (non-hydrogen) atoms. The summed E-state index contributed by atoms with van der Waals surface area (Å²) in [5.41, 5.74) is 0.943. The number of hydrogen-bond acceptors (Lipinski definition) is 6. The van der Waals surface area contributed by atoms with Gasteiger partial charge in [0.25, 0.3) is 11.7 Å². The normalized spacial score (nSPS) is 17.7. The van der Waals surface area contributed by atoms with Crippen molar-refractivity contribution >= 4 is 17.4 Å². The summed E-state index contributed by atoms with van der Waals surface area (Å²) >= 11 is 0. The van der Waals surface area contributed by atoms with Crippen LogP contribution in [0.15, 0.2) is 42.0 Å². The average molecular weight is 443 g/mol. The molecule has 1 aliphatic rings. The Morgan fingerprint density at radius 2 is 1.88 bits per heavy atom. The van der Waals surface area contributed by atoms with Crippen molar-refractivity contribution in [3.8, 4) is 11.5 Å². The zero-order valence-corrected chi connectivity index (χ0v) is 18.5. The van der Waals surface area contributed by atoms with E-state index >= 15 is 0 Å². The van der Waals surface area contributed by atoms with E-state index in [4.69, 9.17) is 14.2 Å². The van der Waals surface area contributed by atoms with Gasteiger partial charge in [-0.2, -0.15) is 0 Å². The van der Waals surface area contributed by atoms with E-state index in [1.54, 1.807) is 32.2 Å². The van der Waals surface area contributed by atoms with Gasteiger partial charge in [-0.05, 0) is 43.2 Å². The van der Waals surface area contributed by atoms with E-state index in [9.17, 15) is 19.1 Å². The number of ketones is 1. The lowest BCUT2D eigenvalue weighted by Gasteiger charge is -2.27. The maximum absolute atomic E-state index is 13.8. The molecule has 2 aromatic rings. The topological polar surface area (TPSA) is 85.3 Å². The molecule has 0 aliphatic carbocycles. The van der Waals surface area contributed by atoms with Crippen LogP contribution in [0.1, 0.15) is 29.2 Å². The van der Waals surface area contributed by atoms with Crippen LogP contribution in [0.5, 0.6) is 11.5 Å². The Bertz CT molecular complexity index is 1060. The molecule has 8 heteroatoms. The number of benzene rings is 2. The highest BCUT2D eigenvalue weighted by Gasteiger charge is 2.47. The third-order valence-corrected chi connectivity index (χ3v) is 5.45. The minimum absolute atomic E-state index is 0.0926. The molecule has 1 atom stereocenters. The Morgan fingerprint density at radius 3 is 2.50 bits per heavy atom. The van der Waals surface area contributed by atoms with Crippen LogP contribution in [0.25, 0.3) is 5.76 Å². The van der Waals surface area contributed by atoms with Gasteiger partial charge in [0.05, 0.1) is 25.8 Å². The predicted molar refractivity (Wildman–Crippen MR) is 116 cm³/mol. The quantitative estimate of drug-likeness (QED) is 0.290. The molecule has 1 amide bonds. The van der Waals surface area contributed by atoms with Gasteiger partial charge in [-0.3, -0.25) is 9.59 Å². The molecule has 7 nitrogen and oxygen atoms in total. The first kappa shape index (κ1) is 23.3. The molecule has 0 radical (unpaired) electrons. The van der Waals surface area contributed by atoms with Gasteiger partial charge in [0.1, 0.15) is 11.6 Å². The number of carbonyl (C=O) groups excluding carboxylic acids is 2. The molecular weight excluding hydrogens is 417 g/mol. The molecule has 1 saturated heterocycles. The van der Waals surface area contributed by atoms with Crippen LogP contribution in [-0.4, -0.2) is 56.2 Å². The molecule has 1 N–H and O–H groups in total. The van der Waals surface area contributed by atoms with E-state index in [2.05, 4.69) is 0 Å². The Morgan fingerprint density at radius 1 is 1.12 bits per heavy atom. The predicted octanol–water partition coefficient (Wildman–Crippen LogP) is 3.61. The Kier molecular flexibility index (Phi) is 7.15. The molecule has 170 valence electrons. The summed E-state index contributed by atoms with van der Waals surface area (Å²) in [5, 5.41) is 11.1. The third kappa shape index (κ3) is 4.18. The number of methoxy groups -OCH3 is 3. The first-order valence-electron chi connectivity index (χ1n) is 10.1. The SMILES string of the molecule is COCCCN1C(=O)C(=O)/C(=C(/O)c2ccc(F)c(C)c2)C1c1cccc(OC)c1OC. The molecule has 0 bridgehead atoms. The highest BCUT2D eigenvalue weighted by molar-refractivity contribution is 6.46. The fourth-order valence-corrected chi connectivity index (χ4v) is 3.89. The van der Waals surface area contributed by atoms with Gasteiger partial charge in [0.15, 0.2) is 11.5 Å². The fraction of sp³-hybridized carbons (Fsp3) is 0.333. The summed E-state index contributed by atoms with van der Waals surface area (Å²) in [6.45, 7) is 2.17. The highest BCUT2D eigenvalue weighted by atomic mass is 19.1. The van der Waals surface area contributed by atoms with E-state index in [1.165, 1.54) is 37.3 Å². The number of Topliss-reactive ketones (excluding diaryl/α,β-unsaturated/α-hetero) is 1. The molecule has 3 rings (SSSR count). The van der Waals surface area contributed by atoms with Gasteiger partial charge < -0.3 is 24.2 Å². The molecule has 1 aliphatic heterocycles. The summed E-state index contributed by atoms with van der Waals surface area (Å²) in [4.78, 5) is 27.4. The lowest BCUT2D eigenvalue weighted by molar-refractivity contribution is -0.140. The summed E-state index contributed by atoms with van der Waals surface area (Å²) in [6.07, 6.45) is 0.488. The molecule has 0 saturated carbocycles. The maximum atomic E-state index is 13.8. The Balaban J connectivity index is 2.23. The van der Waals surface area contributed by atoms with Crippen molar-refractivity contribution in [3.05, 3.63) is 64.5 Å². The second kappa shape index (κ2) is 9.82. The van der Waals surface area contributed by atoms with Crippen molar-refractivity contribution in [1.29, 1.82) is 0 Å². The molecule has 2 aromatic carbocycles. The molecular formula is C24H26FNO6. The van der Waals surface area contributed by atoms with E-state index < -0.39 is 23.5 Å². The summed E-state index contributed by atoms with van der Waals surface area (Å²) < 4.78 is 29.8. The average Bonchev–Trinajstić information content (AvgIpc) is 3.04. The van der Waals surface area contributed by atoms with E-state index in [1.807, 2.05) is 0 Å². The van der Waals surface area contributed by atoms with Gasteiger partial charge in [-0.15, -0.1) is 0 Å². The monoisotopic (exact) mass is 443 g/mol. The number of likely N-dealkylation sites (tertiary alicyclic amines) is 1. The van der Waals surface area contributed by atoms with E-state index in [0.717, 1.165) is 0 Å². The van der Waals surface area contributed by atoms with Crippen LogP contribution >= 0.6 is 0 Å². The number of amides is 1. The van der Waals surface area contributed by atoms with Crippen molar-refractivity contribution in [2.24, 2.45) is 0 Å². The number of aliphatic hydroxyl groups is 1. The first-order chi connectivity index (χ1) is 15.3. The molecule has 0 spiro atoms. The van der Waals surface area contributed by atoms with Crippen LogP contribution in [0.4, 0.5) is 4.39 Å². The van der Waals surface area contributed by atoms with Crippen molar-refractivity contribution in [2.75, 3.05) is 34.5 Å². The lowest BCUT2D eigenvalue weighted by atomic mass is 9.94. The van der Waals surface area contributed by atoms with Crippen molar-refractivity contribution < 1.29 is 33.3 Å². The number of ether oxygens (including phenoxy) is 3. The molecule has 1 fully saturated rings. The summed E-state index contributed by atoms with van der Waals surface area (Å²) in [5.74, 6) is -1.61. The maximum Gasteiger partial charge on any atom is 0.295 e. The van der Waals surface area contributed by atoms with Crippen molar-refractivity contribution in [3.63, 3.8) is 0 Å². The number of para-hydroxylation sites is 1. The van der Waals surface area contributed by atoms with Crippen LogP contribution in [0.2, 0.25) is 0 Å². The third-order valence-electron chi connectivity index (χ3n) is 5.45. The Hall–Kier alpha value is -3.39. The van der Waals surface area contributed by atoms with Crippen molar-refractivity contribution in [2.45, 2.75) is 19.4 Å². The fourth-order valence-electron chi connectivity index (χ4n) is 3.89. The minimum atomic E-state index is -0.915. The highest BCUT2D eigenvalue weighted by Crippen LogP contribution is 2.45. The number of halogens is 1. The number of carbonyl (C=O) groups is 2. The van der Waals surface area contributed by atoms with Crippen LogP contribution in [-0.2, 0) is 14.3 Å². The lowest BCUT2D eigenvalue weighted by Crippen LogP contribution is -2.31. The number of aryl methyl sites for hydroxylation is 1. The second-order valence-electron chi connectivity index (χ2n) is 7.39. The number of rotatable bonds is 8. The number of aliphatic hydroxyl groups excluding tert-OH is 1. The second-order valence-corrected chi connectivity index (χ2v) is 7.39. The van der Waals surface area contributed by atoms with Gasteiger partial charge in [0.2, 0.25) is 0 Å². The van der Waals surface area contributed by atoms with Gasteiger partial charge in [0, 0.05) is 31.4 Å². The zero-order chi connectivity index (χ0) is 23.4. The van der Waals surface area contributed by atoms with E-state index in [-0.39, 0.29) is 23.4 Å². The van der Waals surface area contributed by atoms with Crippen LogP contribution in [0, 0.1) is 12.7 Å². The van der Waals surface area contributed by atoms with E-state index in [0.29, 0.717) is 35.7 Å². The molecule has 0 aromatic heterocycles. The largest absolute Gasteiger partial charge is 0.507 e. The number of hydrogen-bond donors (Lipinski definition) is 1. The summed E-state index contributed by atoms with van der Waals surface area (Å²) in [7, 11) is 4.49. The molecule has 1 heterocycles.